The van der Waals surface area contributed by atoms with Gasteiger partial charge < -0.3 is 19.3 Å². The summed E-state index contributed by atoms with van der Waals surface area (Å²) in [6.07, 6.45) is 44.2. The van der Waals surface area contributed by atoms with Gasteiger partial charge in [0.15, 0.2) is 0 Å². The number of esters is 2. The molecule has 0 N–H and O–H groups in total. The molecule has 0 aliphatic heterocycles. The van der Waals surface area contributed by atoms with Crippen molar-refractivity contribution in [3.8, 4) is 0 Å². The quantitative estimate of drug-likeness (QED) is 0.0346. The molecule has 346 valence electrons. The molecule has 7 heteroatoms. The molecule has 0 fully saturated rings. The highest BCUT2D eigenvalue weighted by atomic mass is 16.5. The van der Waals surface area contributed by atoms with Gasteiger partial charge >= 0.3 is 11.9 Å². The van der Waals surface area contributed by atoms with Gasteiger partial charge in [0, 0.05) is 32.4 Å². The Morgan fingerprint density at radius 3 is 1.14 bits per heavy atom. The van der Waals surface area contributed by atoms with E-state index in [9.17, 15) is 14.4 Å². The number of allylic oxidation sites excluding steroid dienone is 2. The van der Waals surface area contributed by atoms with E-state index in [0.29, 0.717) is 38.4 Å². The maximum Gasteiger partial charge on any atom is 0.306 e. The normalized spacial score (nSPS) is 11.9. The fraction of sp³-hybridized carbons (Fsp3) is 0.865. The van der Waals surface area contributed by atoms with Crippen LogP contribution in [0.2, 0.25) is 0 Å². The van der Waals surface area contributed by atoms with E-state index in [1.54, 1.807) is 0 Å². The smallest absolute Gasteiger partial charge is 0.306 e. The first-order chi connectivity index (χ1) is 28.8. The van der Waals surface area contributed by atoms with E-state index in [2.05, 4.69) is 63.7 Å². The Morgan fingerprint density at radius 2 is 0.780 bits per heavy atom. The number of nitrogens with zero attached hydrogens (tertiary/aromatic N) is 2. The number of carbonyl (C=O) groups is 3. The predicted octanol–water partition coefficient (Wildman–Crippen LogP) is 14.4. The van der Waals surface area contributed by atoms with Gasteiger partial charge in [-0.15, -0.1) is 0 Å². The lowest BCUT2D eigenvalue weighted by molar-refractivity contribution is -0.143. The van der Waals surface area contributed by atoms with Gasteiger partial charge in [-0.05, 0) is 77.4 Å². The van der Waals surface area contributed by atoms with Crippen molar-refractivity contribution in [2.75, 3.05) is 46.9 Å². The van der Waals surface area contributed by atoms with Crippen LogP contribution < -0.4 is 0 Å². The predicted molar refractivity (Wildman–Crippen MR) is 253 cm³/mol. The van der Waals surface area contributed by atoms with E-state index in [1.807, 2.05) is 12.2 Å². The number of ether oxygens (including phenoxy) is 2. The van der Waals surface area contributed by atoms with E-state index in [1.165, 1.54) is 103 Å². The molecule has 0 aromatic rings. The molecule has 0 atom stereocenters. The van der Waals surface area contributed by atoms with Crippen molar-refractivity contribution >= 4 is 17.8 Å². The second kappa shape index (κ2) is 43.9. The van der Waals surface area contributed by atoms with Crippen molar-refractivity contribution in [1.82, 2.24) is 9.80 Å². The van der Waals surface area contributed by atoms with E-state index in [0.717, 1.165) is 115 Å². The summed E-state index contributed by atoms with van der Waals surface area (Å²) in [5.74, 6) is 1.69. The Bertz CT molecular complexity index is 929. The fourth-order valence-electron chi connectivity index (χ4n) is 7.85. The van der Waals surface area contributed by atoms with Gasteiger partial charge in [-0.1, -0.05) is 193 Å². The molecular formula is C52H98N2O5. The van der Waals surface area contributed by atoms with Crippen molar-refractivity contribution in [2.24, 2.45) is 11.8 Å². The number of amides is 1. The molecule has 7 nitrogen and oxygen atoms in total. The molecule has 0 heterocycles. The van der Waals surface area contributed by atoms with E-state index in [-0.39, 0.29) is 11.9 Å². The molecule has 59 heavy (non-hydrogen) atoms. The van der Waals surface area contributed by atoms with Crippen LogP contribution in [0.5, 0.6) is 0 Å². The topological polar surface area (TPSA) is 76.1 Å². The van der Waals surface area contributed by atoms with Crippen LogP contribution in [-0.2, 0) is 23.9 Å². The average Bonchev–Trinajstić information content (AvgIpc) is 3.22. The first-order valence-electron chi connectivity index (χ1n) is 25.3. The van der Waals surface area contributed by atoms with Gasteiger partial charge in [-0.25, -0.2) is 0 Å². The van der Waals surface area contributed by atoms with Gasteiger partial charge in [-0.2, -0.15) is 0 Å². The zero-order valence-corrected chi connectivity index (χ0v) is 40.1. The van der Waals surface area contributed by atoms with Crippen LogP contribution in [-0.4, -0.2) is 74.6 Å². The number of carbonyl (C=O) groups excluding carboxylic acids is 3. The third-order valence-corrected chi connectivity index (χ3v) is 11.8. The van der Waals surface area contributed by atoms with E-state index < -0.39 is 0 Å². The zero-order valence-electron chi connectivity index (χ0n) is 40.1. The second-order valence-electron chi connectivity index (χ2n) is 17.8. The summed E-state index contributed by atoms with van der Waals surface area (Å²) in [4.78, 5) is 41.8. The Balaban J connectivity index is 4.13. The Hall–Kier alpha value is -2.15. The summed E-state index contributed by atoms with van der Waals surface area (Å²) in [6.45, 7) is 12.5. The third kappa shape index (κ3) is 39.7. The van der Waals surface area contributed by atoms with Crippen LogP contribution in [0.25, 0.3) is 0 Å². The average molecular weight is 831 g/mol. The first kappa shape index (κ1) is 56.9. The van der Waals surface area contributed by atoms with Gasteiger partial charge in [-0.3, -0.25) is 14.4 Å². The molecule has 1 amide bonds. The molecule has 0 aliphatic rings. The number of hydrogen-bond acceptors (Lipinski definition) is 6. The highest BCUT2D eigenvalue weighted by Gasteiger charge is 2.13. The molecule has 0 bridgehead atoms. The minimum Gasteiger partial charge on any atom is -0.461 e. The van der Waals surface area contributed by atoms with E-state index in [4.69, 9.17) is 9.47 Å². The molecule has 0 rings (SSSR count). The standard InChI is InChI=1S/C52H98N2O5/c1-7-11-34-48(35-12-8-2)38-27-31-46-58-51(56)41-25-21-17-15-19-23-29-44-54(50(55)40-33-43-53(5)6)45-30-24-20-16-18-22-26-42-52(57)59-47-32-28-39-49(36-13-9-3)37-14-10-4/h27-28,31-32,48-49H,7-26,29-30,33-47H2,1-6H3. The van der Waals surface area contributed by atoms with Crippen LogP contribution in [0, 0.1) is 11.8 Å². The molecule has 0 aromatic carbocycles. The largest absolute Gasteiger partial charge is 0.461 e. The number of rotatable bonds is 44. The lowest BCUT2D eigenvalue weighted by atomic mass is 9.93. The molecule has 0 saturated carbocycles. The number of unbranched alkanes of at least 4 members (excludes halogenated alkanes) is 16. The van der Waals surface area contributed by atoms with Crippen molar-refractivity contribution < 1.29 is 23.9 Å². The highest BCUT2D eigenvalue weighted by molar-refractivity contribution is 5.76. The SMILES string of the molecule is CCCCC(CC=CCOC(=O)CCCCCCCCCN(CCCCCCCCCC(=O)OCC=CCC(CCCC)CCCC)C(=O)CCCN(C)C)CCCC. The van der Waals surface area contributed by atoms with Gasteiger partial charge in [0.05, 0.1) is 0 Å². The van der Waals surface area contributed by atoms with Crippen LogP contribution in [0.1, 0.15) is 233 Å². The van der Waals surface area contributed by atoms with Gasteiger partial charge in [0.25, 0.3) is 0 Å². The molecule has 0 aliphatic carbocycles. The molecule has 0 unspecified atom stereocenters. The molecule has 0 aromatic heterocycles. The molecule has 0 spiro atoms. The van der Waals surface area contributed by atoms with Crippen LogP contribution in [0.4, 0.5) is 0 Å². The third-order valence-electron chi connectivity index (χ3n) is 11.8. The second-order valence-corrected chi connectivity index (χ2v) is 17.8. The summed E-state index contributed by atoms with van der Waals surface area (Å²) >= 11 is 0. The van der Waals surface area contributed by atoms with Gasteiger partial charge in [0.1, 0.15) is 13.2 Å². The van der Waals surface area contributed by atoms with Crippen LogP contribution >= 0.6 is 0 Å². The molecular weight excluding hydrogens is 733 g/mol. The van der Waals surface area contributed by atoms with Crippen molar-refractivity contribution in [3.63, 3.8) is 0 Å². The summed E-state index contributed by atoms with van der Waals surface area (Å²) in [5.41, 5.74) is 0. The minimum atomic E-state index is -0.0738. The Labute approximate surface area is 366 Å². The van der Waals surface area contributed by atoms with Crippen LogP contribution in [0.15, 0.2) is 24.3 Å². The van der Waals surface area contributed by atoms with E-state index >= 15 is 0 Å². The fourth-order valence-corrected chi connectivity index (χ4v) is 7.85. The monoisotopic (exact) mass is 831 g/mol. The highest BCUT2D eigenvalue weighted by Crippen LogP contribution is 2.21. The summed E-state index contributed by atoms with van der Waals surface area (Å²) in [5, 5.41) is 0. The summed E-state index contributed by atoms with van der Waals surface area (Å²) in [7, 11) is 4.13. The lowest BCUT2D eigenvalue weighted by Crippen LogP contribution is -2.33. The van der Waals surface area contributed by atoms with Crippen molar-refractivity contribution in [3.05, 3.63) is 24.3 Å². The summed E-state index contributed by atoms with van der Waals surface area (Å²) < 4.78 is 10.9. The van der Waals surface area contributed by atoms with Crippen molar-refractivity contribution in [2.45, 2.75) is 233 Å². The molecule has 0 radical (unpaired) electrons. The molecule has 0 saturated heterocycles. The maximum atomic E-state index is 13.1. The minimum absolute atomic E-state index is 0.0738. The Kier molecular flexibility index (Phi) is 42.3. The summed E-state index contributed by atoms with van der Waals surface area (Å²) in [6, 6.07) is 0. The lowest BCUT2D eigenvalue weighted by Gasteiger charge is -2.23. The first-order valence-corrected chi connectivity index (χ1v) is 25.3. The zero-order chi connectivity index (χ0) is 43.4. The van der Waals surface area contributed by atoms with Crippen molar-refractivity contribution in [1.29, 1.82) is 0 Å². The van der Waals surface area contributed by atoms with Gasteiger partial charge in [0.2, 0.25) is 5.91 Å². The Morgan fingerprint density at radius 1 is 0.424 bits per heavy atom. The maximum absolute atomic E-state index is 13.1. The van der Waals surface area contributed by atoms with Crippen LogP contribution in [0.3, 0.4) is 0 Å². The number of hydrogen-bond donors (Lipinski definition) is 0.